The van der Waals surface area contributed by atoms with Crippen molar-refractivity contribution < 1.29 is 28.7 Å². The number of esters is 1. The molecule has 0 unspecified atom stereocenters. The molecule has 1 aromatic heterocycles. The summed E-state index contributed by atoms with van der Waals surface area (Å²) in [4.78, 5) is 50.2. The monoisotopic (exact) mass is 385 g/mol. The van der Waals surface area contributed by atoms with Crippen molar-refractivity contribution in [1.29, 1.82) is 0 Å². The Kier molecular flexibility index (Phi) is 6.87. The van der Waals surface area contributed by atoms with Crippen LogP contribution >= 0.6 is 0 Å². The molecule has 2 aromatic rings. The van der Waals surface area contributed by atoms with Crippen LogP contribution in [0.4, 0.5) is 0 Å². The second-order valence-electron chi connectivity index (χ2n) is 6.35. The highest BCUT2D eigenvalue weighted by Gasteiger charge is 2.20. The third-order valence-corrected chi connectivity index (χ3v) is 4.29. The molecular weight excluding hydrogens is 362 g/mol. The maximum absolute atomic E-state index is 12.3. The molecule has 0 fully saturated rings. The molecular formula is C21H23NO6. The van der Waals surface area contributed by atoms with Gasteiger partial charge in [0.25, 0.3) is 0 Å². The zero-order valence-electron chi connectivity index (χ0n) is 16.4. The Morgan fingerprint density at radius 1 is 0.964 bits per heavy atom. The van der Waals surface area contributed by atoms with Crippen molar-refractivity contribution in [2.24, 2.45) is 0 Å². The van der Waals surface area contributed by atoms with Crippen LogP contribution in [-0.2, 0) is 9.53 Å². The van der Waals surface area contributed by atoms with E-state index in [1.54, 1.807) is 45.0 Å². The number of ether oxygens (including phenoxy) is 2. The summed E-state index contributed by atoms with van der Waals surface area (Å²) in [5, 5.41) is 0. The number of hydrogen-bond donors (Lipinski definition) is 1. The van der Waals surface area contributed by atoms with Gasteiger partial charge in [-0.3, -0.25) is 14.4 Å². The van der Waals surface area contributed by atoms with Gasteiger partial charge in [-0.2, -0.15) is 0 Å². The smallest absolute Gasteiger partial charge is 0.344 e. The van der Waals surface area contributed by atoms with E-state index in [2.05, 4.69) is 4.98 Å². The number of carbonyl (C=O) groups excluding carboxylic acids is 4. The molecule has 0 radical (unpaired) electrons. The molecule has 0 saturated carbocycles. The van der Waals surface area contributed by atoms with Crippen LogP contribution < -0.4 is 4.74 Å². The largest absolute Gasteiger partial charge is 0.482 e. The molecule has 0 amide bonds. The van der Waals surface area contributed by atoms with Crippen LogP contribution in [0, 0.1) is 13.8 Å². The van der Waals surface area contributed by atoms with Gasteiger partial charge in [-0.15, -0.1) is 0 Å². The number of hydrogen-bond acceptors (Lipinski definition) is 6. The van der Waals surface area contributed by atoms with Crippen LogP contribution in [-0.4, -0.2) is 41.5 Å². The summed E-state index contributed by atoms with van der Waals surface area (Å²) in [5.41, 5.74) is 2.46. The van der Waals surface area contributed by atoms with Crippen LogP contribution in [0.2, 0.25) is 0 Å². The van der Waals surface area contributed by atoms with Gasteiger partial charge in [0.15, 0.2) is 24.8 Å². The third kappa shape index (κ3) is 4.94. The SMILES string of the molecule is CCC(=O)c1ccc(OCC(=O)OCC(=O)c2[nH]c(C)c(C(C)=O)c2C)cc1. The second kappa shape index (κ2) is 9.12. The lowest BCUT2D eigenvalue weighted by Gasteiger charge is -2.07. The lowest BCUT2D eigenvalue weighted by molar-refractivity contribution is -0.144. The Morgan fingerprint density at radius 2 is 1.61 bits per heavy atom. The molecule has 0 aliphatic rings. The summed E-state index contributed by atoms with van der Waals surface area (Å²) in [6.45, 7) is 5.77. The fourth-order valence-corrected chi connectivity index (χ4v) is 2.90. The van der Waals surface area contributed by atoms with Gasteiger partial charge in [0, 0.05) is 23.2 Å². The molecule has 0 spiro atoms. The van der Waals surface area contributed by atoms with Crippen LogP contribution in [0.5, 0.6) is 5.75 Å². The first-order chi connectivity index (χ1) is 13.2. The molecule has 1 aromatic carbocycles. The maximum Gasteiger partial charge on any atom is 0.344 e. The average molecular weight is 385 g/mol. The lowest BCUT2D eigenvalue weighted by atomic mass is 10.1. The highest BCUT2D eigenvalue weighted by atomic mass is 16.6. The molecule has 0 aliphatic heterocycles. The van der Waals surface area contributed by atoms with Crippen molar-refractivity contribution in [1.82, 2.24) is 4.98 Å². The van der Waals surface area contributed by atoms with Gasteiger partial charge in [0.05, 0.1) is 5.69 Å². The molecule has 7 nitrogen and oxygen atoms in total. The summed E-state index contributed by atoms with van der Waals surface area (Å²) in [6.07, 6.45) is 0.411. The summed E-state index contributed by atoms with van der Waals surface area (Å²) < 4.78 is 10.3. The number of aromatic amines is 1. The molecule has 0 aliphatic carbocycles. The lowest BCUT2D eigenvalue weighted by Crippen LogP contribution is -2.20. The highest BCUT2D eigenvalue weighted by Crippen LogP contribution is 2.19. The molecule has 0 atom stereocenters. The summed E-state index contributed by atoms with van der Waals surface area (Å²) >= 11 is 0. The van der Waals surface area contributed by atoms with Crippen molar-refractivity contribution >= 4 is 23.3 Å². The molecule has 2 rings (SSSR count). The van der Waals surface area contributed by atoms with E-state index in [0.29, 0.717) is 34.6 Å². The second-order valence-corrected chi connectivity index (χ2v) is 6.35. The molecule has 7 heteroatoms. The first-order valence-electron chi connectivity index (χ1n) is 8.89. The van der Waals surface area contributed by atoms with Gasteiger partial charge in [-0.1, -0.05) is 6.92 Å². The van der Waals surface area contributed by atoms with Gasteiger partial charge in [-0.05, 0) is 50.6 Å². The Labute approximate surface area is 163 Å². The standard InChI is InChI=1S/C21H23NO6/c1-5-17(24)15-6-8-16(9-7-15)27-11-19(26)28-10-18(25)21-12(2)20(14(4)23)13(3)22-21/h6-9,22H,5,10-11H2,1-4H3. The molecule has 1 N–H and O–H groups in total. The van der Waals surface area contributed by atoms with Gasteiger partial charge < -0.3 is 14.5 Å². The number of aromatic nitrogens is 1. The molecule has 148 valence electrons. The summed E-state index contributed by atoms with van der Waals surface area (Å²) in [6, 6.07) is 6.43. The van der Waals surface area contributed by atoms with Crippen molar-refractivity contribution in [3.8, 4) is 5.75 Å². The Hall–Kier alpha value is -3.22. The van der Waals surface area contributed by atoms with Gasteiger partial charge in [0.2, 0.25) is 5.78 Å². The zero-order chi connectivity index (χ0) is 20.8. The van der Waals surface area contributed by atoms with Crippen LogP contribution in [0.25, 0.3) is 0 Å². The van der Waals surface area contributed by atoms with E-state index in [0.717, 1.165) is 0 Å². The zero-order valence-corrected chi connectivity index (χ0v) is 16.4. The molecule has 0 bridgehead atoms. The topological polar surface area (TPSA) is 103 Å². The molecule has 28 heavy (non-hydrogen) atoms. The van der Waals surface area contributed by atoms with Gasteiger partial charge in [-0.25, -0.2) is 4.79 Å². The predicted molar refractivity (Wildman–Crippen MR) is 102 cm³/mol. The average Bonchev–Trinajstić information content (AvgIpc) is 2.98. The minimum absolute atomic E-state index is 0.0206. The van der Waals surface area contributed by atoms with E-state index in [1.165, 1.54) is 6.92 Å². The first kappa shape index (κ1) is 21.1. The quantitative estimate of drug-likeness (QED) is 0.525. The normalized spacial score (nSPS) is 10.4. The Balaban J connectivity index is 1.87. The van der Waals surface area contributed by atoms with Crippen molar-refractivity contribution in [3.05, 3.63) is 52.3 Å². The van der Waals surface area contributed by atoms with Gasteiger partial charge >= 0.3 is 5.97 Å². The number of benzene rings is 1. The fraction of sp³-hybridized carbons (Fsp3) is 0.333. The first-order valence-corrected chi connectivity index (χ1v) is 8.89. The highest BCUT2D eigenvalue weighted by molar-refractivity contribution is 6.04. The fourth-order valence-electron chi connectivity index (χ4n) is 2.90. The van der Waals surface area contributed by atoms with E-state index in [1.807, 2.05) is 0 Å². The van der Waals surface area contributed by atoms with Crippen LogP contribution in [0.3, 0.4) is 0 Å². The number of ketones is 3. The number of rotatable bonds is 9. The van der Waals surface area contributed by atoms with E-state index < -0.39 is 18.4 Å². The number of nitrogens with one attached hydrogen (secondary N) is 1. The number of H-pyrrole nitrogens is 1. The summed E-state index contributed by atoms with van der Waals surface area (Å²) in [5.74, 6) is -0.828. The van der Waals surface area contributed by atoms with Crippen molar-refractivity contribution in [3.63, 3.8) is 0 Å². The number of Topliss-reactive ketones (excluding diaryl/α,β-unsaturated/α-hetero) is 3. The third-order valence-electron chi connectivity index (χ3n) is 4.29. The van der Waals surface area contributed by atoms with E-state index in [4.69, 9.17) is 9.47 Å². The van der Waals surface area contributed by atoms with E-state index in [-0.39, 0.29) is 23.9 Å². The van der Waals surface area contributed by atoms with E-state index >= 15 is 0 Å². The maximum atomic E-state index is 12.3. The summed E-state index contributed by atoms with van der Waals surface area (Å²) in [7, 11) is 0. The minimum Gasteiger partial charge on any atom is -0.482 e. The van der Waals surface area contributed by atoms with Crippen LogP contribution in [0.1, 0.15) is 62.7 Å². The van der Waals surface area contributed by atoms with Crippen LogP contribution in [0.15, 0.2) is 24.3 Å². The Morgan fingerprint density at radius 3 is 2.14 bits per heavy atom. The number of aryl methyl sites for hydroxylation is 1. The van der Waals surface area contributed by atoms with Crippen molar-refractivity contribution in [2.75, 3.05) is 13.2 Å². The number of carbonyl (C=O) groups is 4. The minimum atomic E-state index is -0.699. The predicted octanol–water partition coefficient (Wildman–Crippen LogP) is 3.23. The molecule has 0 saturated heterocycles. The molecule has 1 heterocycles. The van der Waals surface area contributed by atoms with Crippen molar-refractivity contribution in [2.45, 2.75) is 34.1 Å². The van der Waals surface area contributed by atoms with Gasteiger partial charge in [0.1, 0.15) is 5.75 Å². The Bertz CT molecular complexity index is 908. The van der Waals surface area contributed by atoms with E-state index in [9.17, 15) is 19.2 Å².